The first-order chi connectivity index (χ1) is 11.2. The molecular formula is C17H28N4O2. The van der Waals surface area contributed by atoms with Crippen LogP contribution in [0, 0.1) is 0 Å². The number of rotatable bonds is 10. The van der Waals surface area contributed by atoms with E-state index in [1.54, 1.807) is 0 Å². The van der Waals surface area contributed by atoms with Crippen LogP contribution < -0.4 is 20.9 Å². The van der Waals surface area contributed by atoms with E-state index in [9.17, 15) is 9.59 Å². The Bertz CT molecular complexity index is 465. The van der Waals surface area contributed by atoms with Crippen LogP contribution in [-0.2, 0) is 4.79 Å². The van der Waals surface area contributed by atoms with Crippen molar-refractivity contribution >= 4 is 17.6 Å². The minimum Gasteiger partial charge on any atom is -0.372 e. The van der Waals surface area contributed by atoms with E-state index in [-0.39, 0.29) is 18.5 Å². The number of anilines is 1. The van der Waals surface area contributed by atoms with Crippen molar-refractivity contribution in [1.29, 1.82) is 0 Å². The second-order valence-electron chi connectivity index (χ2n) is 5.23. The molecular weight excluding hydrogens is 292 g/mol. The molecule has 0 unspecified atom stereocenters. The summed E-state index contributed by atoms with van der Waals surface area (Å²) in [5, 5.41) is 8.03. The summed E-state index contributed by atoms with van der Waals surface area (Å²) in [4.78, 5) is 25.2. The van der Waals surface area contributed by atoms with Crippen LogP contribution >= 0.6 is 0 Å². The van der Waals surface area contributed by atoms with Crippen LogP contribution in [0.2, 0.25) is 0 Å². The van der Waals surface area contributed by atoms with Crippen LogP contribution in [0.4, 0.5) is 10.5 Å². The highest BCUT2D eigenvalue weighted by molar-refractivity contribution is 5.83. The van der Waals surface area contributed by atoms with Crippen LogP contribution in [0.3, 0.4) is 0 Å². The van der Waals surface area contributed by atoms with Gasteiger partial charge in [0.1, 0.15) is 0 Å². The first kappa shape index (κ1) is 18.8. The summed E-state index contributed by atoms with van der Waals surface area (Å²) in [5.41, 5.74) is 1.19. The van der Waals surface area contributed by atoms with Gasteiger partial charge in [0.25, 0.3) is 0 Å². The molecule has 0 atom stereocenters. The lowest BCUT2D eigenvalue weighted by molar-refractivity contribution is -0.120. The van der Waals surface area contributed by atoms with E-state index in [2.05, 4.69) is 39.9 Å². The standard InChI is InChI=1S/C17H28N4O2/c1-3-11-18-16(22)14-20-17(23)19-12-8-13-21(4-2)15-9-6-5-7-10-15/h5-7,9-10H,3-4,8,11-14H2,1-2H3,(H,18,22)(H2,19,20,23). The van der Waals surface area contributed by atoms with E-state index in [1.807, 2.05) is 25.1 Å². The zero-order valence-corrected chi connectivity index (χ0v) is 14.1. The second-order valence-corrected chi connectivity index (χ2v) is 5.23. The molecule has 1 rings (SSSR count). The third-order valence-corrected chi connectivity index (χ3v) is 3.38. The van der Waals surface area contributed by atoms with Crippen molar-refractivity contribution < 1.29 is 9.59 Å². The van der Waals surface area contributed by atoms with Gasteiger partial charge in [0, 0.05) is 31.9 Å². The van der Waals surface area contributed by atoms with E-state index < -0.39 is 0 Å². The van der Waals surface area contributed by atoms with Gasteiger partial charge in [-0.3, -0.25) is 4.79 Å². The number of carbonyl (C=O) groups is 2. The largest absolute Gasteiger partial charge is 0.372 e. The summed E-state index contributed by atoms with van der Waals surface area (Å²) in [7, 11) is 0. The molecule has 0 aliphatic rings. The molecule has 0 fully saturated rings. The second kappa shape index (κ2) is 11.3. The molecule has 0 radical (unpaired) electrons. The Morgan fingerprint density at radius 2 is 1.74 bits per heavy atom. The number of hydrogen-bond acceptors (Lipinski definition) is 3. The van der Waals surface area contributed by atoms with Crippen molar-refractivity contribution in [2.45, 2.75) is 26.7 Å². The van der Waals surface area contributed by atoms with E-state index in [1.165, 1.54) is 5.69 Å². The van der Waals surface area contributed by atoms with Crippen LogP contribution in [0.5, 0.6) is 0 Å². The molecule has 0 aromatic heterocycles. The van der Waals surface area contributed by atoms with E-state index in [0.29, 0.717) is 13.1 Å². The molecule has 0 bridgehead atoms. The molecule has 128 valence electrons. The first-order valence-corrected chi connectivity index (χ1v) is 8.25. The number of carbonyl (C=O) groups excluding carboxylic acids is 2. The van der Waals surface area contributed by atoms with E-state index in [0.717, 1.165) is 25.9 Å². The lowest BCUT2D eigenvalue weighted by Crippen LogP contribution is -2.42. The topological polar surface area (TPSA) is 73.5 Å². The van der Waals surface area contributed by atoms with E-state index >= 15 is 0 Å². The molecule has 0 heterocycles. The average Bonchev–Trinajstić information content (AvgIpc) is 2.59. The molecule has 0 spiro atoms. The van der Waals surface area contributed by atoms with Gasteiger partial charge in [0.2, 0.25) is 5.91 Å². The fraction of sp³-hybridized carbons (Fsp3) is 0.529. The number of benzene rings is 1. The maximum Gasteiger partial charge on any atom is 0.315 e. The molecule has 6 nitrogen and oxygen atoms in total. The maximum atomic E-state index is 11.6. The molecule has 3 amide bonds. The summed E-state index contributed by atoms with van der Waals surface area (Å²) in [6.45, 7) is 7.11. The fourth-order valence-corrected chi connectivity index (χ4v) is 2.13. The molecule has 0 saturated carbocycles. The van der Waals surface area contributed by atoms with Gasteiger partial charge in [0.15, 0.2) is 0 Å². The van der Waals surface area contributed by atoms with Gasteiger partial charge in [-0.15, -0.1) is 0 Å². The summed E-state index contributed by atoms with van der Waals surface area (Å²) in [5.74, 6) is -0.164. The summed E-state index contributed by atoms with van der Waals surface area (Å²) in [6.07, 6.45) is 1.73. The number of nitrogens with zero attached hydrogens (tertiary/aromatic N) is 1. The average molecular weight is 320 g/mol. The minimum absolute atomic E-state index is 0.0108. The zero-order valence-electron chi connectivity index (χ0n) is 14.1. The van der Waals surface area contributed by atoms with Crippen LogP contribution in [-0.4, -0.2) is 44.7 Å². The zero-order chi connectivity index (χ0) is 16.9. The van der Waals surface area contributed by atoms with Gasteiger partial charge in [-0.1, -0.05) is 25.1 Å². The normalized spacial score (nSPS) is 10.0. The molecule has 3 N–H and O–H groups in total. The van der Waals surface area contributed by atoms with Crippen molar-refractivity contribution in [3.8, 4) is 0 Å². The number of amides is 3. The summed E-state index contributed by atoms with van der Waals surface area (Å²) < 4.78 is 0. The van der Waals surface area contributed by atoms with Crippen molar-refractivity contribution in [1.82, 2.24) is 16.0 Å². The van der Waals surface area contributed by atoms with Crippen molar-refractivity contribution in [2.75, 3.05) is 37.6 Å². The Morgan fingerprint density at radius 3 is 2.39 bits per heavy atom. The molecule has 0 saturated heterocycles. The monoisotopic (exact) mass is 320 g/mol. The summed E-state index contributed by atoms with van der Waals surface area (Å²) in [6, 6.07) is 9.90. The Kier molecular flexibility index (Phi) is 9.28. The highest BCUT2D eigenvalue weighted by Crippen LogP contribution is 2.12. The molecule has 1 aromatic rings. The Hall–Kier alpha value is -2.24. The summed E-state index contributed by atoms with van der Waals surface area (Å²) >= 11 is 0. The lowest BCUT2D eigenvalue weighted by Gasteiger charge is -2.23. The maximum absolute atomic E-state index is 11.6. The van der Waals surface area contributed by atoms with Gasteiger partial charge in [-0.2, -0.15) is 0 Å². The van der Waals surface area contributed by atoms with Crippen LogP contribution in [0.15, 0.2) is 30.3 Å². The first-order valence-electron chi connectivity index (χ1n) is 8.25. The number of urea groups is 1. The quantitative estimate of drug-likeness (QED) is 0.575. The Balaban J connectivity index is 2.16. The number of nitrogens with one attached hydrogen (secondary N) is 3. The van der Waals surface area contributed by atoms with Crippen LogP contribution in [0.1, 0.15) is 26.7 Å². The van der Waals surface area contributed by atoms with Crippen LogP contribution in [0.25, 0.3) is 0 Å². The highest BCUT2D eigenvalue weighted by Gasteiger charge is 2.05. The minimum atomic E-state index is -0.306. The molecule has 0 aliphatic heterocycles. The highest BCUT2D eigenvalue weighted by atomic mass is 16.2. The SMILES string of the molecule is CCCNC(=O)CNC(=O)NCCCN(CC)c1ccccc1. The third-order valence-electron chi connectivity index (χ3n) is 3.38. The number of hydrogen-bond donors (Lipinski definition) is 3. The predicted molar refractivity (Wildman–Crippen MR) is 93.6 cm³/mol. The van der Waals surface area contributed by atoms with Crippen molar-refractivity contribution in [3.63, 3.8) is 0 Å². The lowest BCUT2D eigenvalue weighted by atomic mass is 10.2. The van der Waals surface area contributed by atoms with Gasteiger partial charge in [0.05, 0.1) is 6.54 Å². The van der Waals surface area contributed by atoms with Crippen molar-refractivity contribution in [3.05, 3.63) is 30.3 Å². The van der Waals surface area contributed by atoms with Gasteiger partial charge >= 0.3 is 6.03 Å². The molecule has 0 aliphatic carbocycles. The van der Waals surface area contributed by atoms with E-state index in [4.69, 9.17) is 0 Å². The molecule has 6 heteroatoms. The Labute approximate surface area is 138 Å². The fourth-order valence-electron chi connectivity index (χ4n) is 2.13. The molecule has 1 aromatic carbocycles. The van der Waals surface area contributed by atoms with Gasteiger partial charge in [-0.05, 0) is 31.9 Å². The van der Waals surface area contributed by atoms with Gasteiger partial charge in [-0.25, -0.2) is 4.79 Å². The predicted octanol–water partition coefficient (Wildman–Crippen LogP) is 1.73. The van der Waals surface area contributed by atoms with Crippen molar-refractivity contribution in [2.24, 2.45) is 0 Å². The Morgan fingerprint density at radius 1 is 1.00 bits per heavy atom. The van der Waals surface area contributed by atoms with Gasteiger partial charge < -0.3 is 20.9 Å². The molecule has 23 heavy (non-hydrogen) atoms. The smallest absolute Gasteiger partial charge is 0.315 e. The number of para-hydroxylation sites is 1. The third kappa shape index (κ3) is 8.09.